The highest BCUT2D eigenvalue weighted by Gasteiger charge is 2.26. The van der Waals surface area contributed by atoms with Gasteiger partial charge in [-0.05, 0) is 36.3 Å². The van der Waals surface area contributed by atoms with Gasteiger partial charge in [-0.15, -0.1) is 0 Å². The van der Waals surface area contributed by atoms with E-state index in [9.17, 15) is 5.11 Å². The Kier molecular flexibility index (Phi) is 3.96. The van der Waals surface area contributed by atoms with Crippen LogP contribution in [0.1, 0.15) is 45.6 Å². The fraction of sp³-hybridized carbons (Fsp3) is 0.625. The van der Waals surface area contributed by atoms with Gasteiger partial charge in [0.2, 0.25) is 0 Å². The number of benzene rings is 1. The zero-order chi connectivity index (χ0) is 13.2. The van der Waals surface area contributed by atoms with Crippen LogP contribution < -0.4 is 4.90 Å². The van der Waals surface area contributed by atoms with Crippen LogP contribution in [0.2, 0.25) is 0 Å². The third-order valence-electron chi connectivity index (χ3n) is 3.86. The molecule has 0 spiro atoms. The Morgan fingerprint density at radius 2 is 1.94 bits per heavy atom. The van der Waals surface area contributed by atoms with Gasteiger partial charge in [-0.25, -0.2) is 0 Å². The summed E-state index contributed by atoms with van der Waals surface area (Å²) in [6.45, 7) is 8.09. The highest BCUT2D eigenvalue weighted by Crippen LogP contribution is 2.34. The van der Waals surface area contributed by atoms with Gasteiger partial charge in [-0.2, -0.15) is 0 Å². The summed E-state index contributed by atoms with van der Waals surface area (Å²) in [7, 11) is 0. The van der Waals surface area contributed by atoms with Crippen molar-refractivity contribution >= 4 is 5.69 Å². The zero-order valence-electron chi connectivity index (χ0n) is 11.8. The molecule has 0 amide bonds. The number of anilines is 1. The Bertz CT molecular complexity index is 394. The number of rotatable bonds is 2. The van der Waals surface area contributed by atoms with E-state index < -0.39 is 0 Å². The van der Waals surface area contributed by atoms with Crippen LogP contribution in [0.4, 0.5) is 5.69 Å². The molecule has 0 aromatic heterocycles. The van der Waals surface area contributed by atoms with Crippen molar-refractivity contribution in [1.82, 2.24) is 0 Å². The number of aliphatic hydroxyl groups is 1. The van der Waals surface area contributed by atoms with Crippen molar-refractivity contribution in [2.75, 3.05) is 18.1 Å². The van der Waals surface area contributed by atoms with E-state index in [-0.39, 0.29) is 12.0 Å². The van der Waals surface area contributed by atoms with Crippen molar-refractivity contribution in [3.63, 3.8) is 0 Å². The molecular weight excluding hydrogens is 222 g/mol. The van der Waals surface area contributed by atoms with E-state index in [0.717, 1.165) is 13.0 Å². The van der Waals surface area contributed by atoms with Gasteiger partial charge in [0.05, 0.1) is 12.6 Å². The second-order valence-electron chi connectivity index (χ2n) is 6.29. The molecule has 1 aromatic carbocycles. The van der Waals surface area contributed by atoms with E-state index >= 15 is 0 Å². The van der Waals surface area contributed by atoms with E-state index in [4.69, 9.17) is 0 Å². The van der Waals surface area contributed by atoms with Crippen LogP contribution >= 0.6 is 0 Å². The molecule has 1 aliphatic heterocycles. The molecule has 1 aromatic rings. The minimum Gasteiger partial charge on any atom is -0.394 e. The summed E-state index contributed by atoms with van der Waals surface area (Å²) in [4.78, 5) is 2.41. The summed E-state index contributed by atoms with van der Waals surface area (Å²) in [5, 5.41) is 9.57. The minimum atomic E-state index is 0.147. The van der Waals surface area contributed by atoms with Crippen molar-refractivity contribution in [3.8, 4) is 0 Å². The van der Waals surface area contributed by atoms with Crippen molar-refractivity contribution in [1.29, 1.82) is 0 Å². The Balaban J connectivity index is 2.37. The normalized spacial score (nSPS) is 21.1. The smallest absolute Gasteiger partial charge is 0.0635 e. The molecule has 0 radical (unpaired) electrons. The lowest BCUT2D eigenvalue weighted by atomic mass is 9.84. The lowest BCUT2D eigenvalue weighted by molar-refractivity contribution is 0.240. The number of piperidine rings is 1. The maximum absolute atomic E-state index is 9.57. The number of aliphatic hydroxyl groups excluding tert-OH is 1. The fourth-order valence-corrected chi connectivity index (χ4v) is 2.87. The van der Waals surface area contributed by atoms with Gasteiger partial charge in [0, 0.05) is 12.2 Å². The predicted octanol–water partition coefficient (Wildman–Crippen LogP) is 3.34. The molecule has 2 heteroatoms. The average Bonchev–Trinajstić information content (AvgIpc) is 2.37. The van der Waals surface area contributed by atoms with Gasteiger partial charge < -0.3 is 10.0 Å². The van der Waals surface area contributed by atoms with Gasteiger partial charge in [0.25, 0.3) is 0 Å². The molecule has 2 rings (SSSR count). The average molecular weight is 247 g/mol. The van der Waals surface area contributed by atoms with Crippen LogP contribution in [0.3, 0.4) is 0 Å². The van der Waals surface area contributed by atoms with E-state index in [2.05, 4.69) is 49.9 Å². The fourth-order valence-electron chi connectivity index (χ4n) is 2.87. The molecule has 18 heavy (non-hydrogen) atoms. The monoisotopic (exact) mass is 247 g/mol. The van der Waals surface area contributed by atoms with E-state index in [1.54, 1.807) is 0 Å². The Hall–Kier alpha value is -1.02. The summed E-state index contributed by atoms with van der Waals surface area (Å²) >= 11 is 0. The molecule has 2 nitrogen and oxygen atoms in total. The van der Waals surface area contributed by atoms with Gasteiger partial charge in [-0.1, -0.05) is 39.0 Å². The molecule has 1 heterocycles. The molecule has 0 saturated carbocycles. The second-order valence-corrected chi connectivity index (χ2v) is 6.29. The SMILES string of the molecule is CC(C)(C)c1ccccc1N1CCCCC1CO. The first-order valence-corrected chi connectivity index (χ1v) is 7.01. The summed E-state index contributed by atoms with van der Waals surface area (Å²) in [5.74, 6) is 0. The highest BCUT2D eigenvalue weighted by atomic mass is 16.3. The van der Waals surface area contributed by atoms with Crippen LogP contribution in [0.5, 0.6) is 0 Å². The predicted molar refractivity (Wildman–Crippen MR) is 77.2 cm³/mol. The number of hydrogen-bond donors (Lipinski definition) is 1. The number of nitrogens with zero attached hydrogens (tertiary/aromatic N) is 1. The quantitative estimate of drug-likeness (QED) is 0.866. The first-order chi connectivity index (χ1) is 8.54. The van der Waals surface area contributed by atoms with E-state index in [0.29, 0.717) is 6.04 Å². The van der Waals surface area contributed by atoms with Crippen LogP contribution in [0, 0.1) is 0 Å². The molecule has 1 N–H and O–H groups in total. The third kappa shape index (κ3) is 2.69. The summed E-state index contributed by atoms with van der Waals surface area (Å²) < 4.78 is 0. The van der Waals surface area contributed by atoms with Gasteiger partial charge in [-0.3, -0.25) is 0 Å². The molecule has 1 saturated heterocycles. The van der Waals surface area contributed by atoms with E-state index in [1.807, 2.05) is 0 Å². The largest absolute Gasteiger partial charge is 0.394 e. The second kappa shape index (κ2) is 5.31. The Morgan fingerprint density at radius 3 is 2.61 bits per heavy atom. The zero-order valence-corrected chi connectivity index (χ0v) is 11.8. The maximum atomic E-state index is 9.57. The van der Waals surface area contributed by atoms with Crippen LogP contribution in [0.15, 0.2) is 24.3 Å². The molecule has 1 fully saturated rings. The molecular formula is C16H25NO. The summed E-state index contributed by atoms with van der Waals surface area (Å²) in [6.07, 6.45) is 3.57. The van der Waals surface area contributed by atoms with Gasteiger partial charge in [0.1, 0.15) is 0 Å². The Labute approximate surface area is 111 Å². The van der Waals surface area contributed by atoms with Gasteiger partial charge in [0.15, 0.2) is 0 Å². The maximum Gasteiger partial charge on any atom is 0.0635 e. The van der Waals surface area contributed by atoms with Crippen molar-refractivity contribution in [2.24, 2.45) is 0 Å². The molecule has 1 unspecified atom stereocenters. The third-order valence-corrected chi connectivity index (χ3v) is 3.86. The van der Waals surface area contributed by atoms with Gasteiger partial charge >= 0.3 is 0 Å². The van der Waals surface area contributed by atoms with Crippen molar-refractivity contribution in [3.05, 3.63) is 29.8 Å². The van der Waals surface area contributed by atoms with Crippen LogP contribution in [0.25, 0.3) is 0 Å². The summed E-state index contributed by atoms with van der Waals surface area (Å²) in [6, 6.07) is 8.94. The van der Waals surface area contributed by atoms with Crippen LogP contribution in [-0.2, 0) is 5.41 Å². The molecule has 1 aliphatic rings. The lowest BCUT2D eigenvalue weighted by Crippen LogP contribution is -2.43. The first kappa shape index (κ1) is 13.4. The molecule has 0 aliphatic carbocycles. The van der Waals surface area contributed by atoms with Crippen molar-refractivity contribution in [2.45, 2.75) is 51.5 Å². The topological polar surface area (TPSA) is 23.5 Å². The Morgan fingerprint density at radius 1 is 1.22 bits per heavy atom. The number of hydrogen-bond acceptors (Lipinski definition) is 2. The molecule has 1 atom stereocenters. The van der Waals surface area contributed by atoms with Crippen LogP contribution in [-0.4, -0.2) is 24.3 Å². The summed E-state index contributed by atoms with van der Waals surface area (Å²) in [5.41, 5.74) is 2.84. The first-order valence-electron chi connectivity index (χ1n) is 7.01. The minimum absolute atomic E-state index is 0.147. The standard InChI is InChI=1S/C16H25NO/c1-16(2,3)14-9-4-5-10-15(14)17-11-7-6-8-13(17)12-18/h4-5,9-10,13,18H,6-8,11-12H2,1-3H3. The highest BCUT2D eigenvalue weighted by molar-refractivity contribution is 5.57. The van der Waals surface area contributed by atoms with E-state index in [1.165, 1.54) is 24.1 Å². The number of para-hydroxylation sites is 1. The van der Waals surface area contributed by atoms with Crippen molar-refractivity contribution < 1.29 is 5.11 Å². The molecule has 0 bridgehead atoms. The lowest BCUT2D eigenvalue weighted by Gasteiger charge is -2.39. The molecule has 100 valence electrons.